The molecule has 0 radical (unpaired) electrons. The lowest BCUT2D eigenvalue weighted by atomic mass is 10.0. The molecule has 0 aromatic carbocycles. The maximum atomic E-state index is 12.0. The van der Waals surface area contributed by atoms with Gasteiger partial charge in [-0.25, -0.2) is 9.78 Å². The number of ether oxygens (including phenoxy) is 1. The van der Waals surface area contributed by atoms with Gasteiger partial charge < -0.3 is 10.1 Å². The zero-order valence-corrected chi connectivity index (χ0v) is 12.7. The predicted octanol–water partition coefficient (Wildman–Crippen LogP) is 2.16. The monoisotopic (exact) mass is 328 g/mol. The van der Waals surface area contributed by atoms with Crippen LogP contribution in [0.2, 0.25) is 0 Å². The highest BCUT2D eigenvalue weighted by Gasteiger charge is 2.23. The van der Waals surface area contributed by atoms with E-state index in [1.54, 1.807) is 12.1 Å². The molecule has 5 nitrogen and oxygen atoms in total. The first-order valence-corrected chi connectivity index (χ1v) is 6.73. The molecule has 1 atom stereocenters. The molecule has 1 unspecified atom stereocenters. The molecule has 104 valence electrons. The van der Waals surface area contributed by atoms with Crippen LogP contribution in [-0.2, 0) is 9.53 Å². The van der Waals surface area contributed by atoms with Crippen molar-refractivity contribution in [2.75, 3.05) is 7.11 Å². The number of carbonyl (C=O) groups is 2. The first-order valence-electron chi connectivity index (χ1n) is 5.94. The van der Waals surface area contributed by atoms with E-state index in [1.807, 2.05) is 13.8 Å². The Kier molecular flexibility index (Phi) is 5.95. The normalized spacial score (nSPS) is 12.1. The lowest BCUT2D eigenvalue weighted by molar-refractivity contribution is -0.143. The number of nitrogens with zero attached hydrogens (tertiary/aromatic N) is 1. The van der Waals surface area contributed by atoms with Crippen molar-refractivity contribution >= 4 is 27.8 Å². The molecule has 1 aromatic heterocycles. The van der Waals surface area contributed by atoms with Crippen molar-refractivity contribution in [2.24, 2.45) is 5.92 Å². The Balaban J connectivity index is 2.75. The molecule has 0 fully saturated rings. The molecular weight excluding hydrogens is 312 g/mol. The van der Waals surface area contributed by atoms with Crippen molar-refractivity contribution < 1.29 is 14.3 Å². The molecule has 1 amide bonds. The zero-order chi connectivity index (χ0) is 14.4. The van der Waals surface area contributed by atoms with E-state index >= 15 is 0 Å². The van der Waals surface area contributed by atoms with Crippen LogP contribution < -0.4 is 5.32 Å². The fourth-order valence-electron chi connectivity index (χ4n) is 1.58. The summed E-state index contributed by atoms with van der Waals surface area (Å²) in [6.45, 7) is 3.95. The number of rotatable bonds is 5. The Morgan fingerprint density at radius 3 is 2.58 bits per heavy atom. The third-order valence-corrected chi connectivity index (χ3v) is 2.96. The molecular formula is C13H17BrN2O3. The van der Waals surface area contributed by atoms with Crippen LogP contribution in [0, 0.1) is 5.92 Å². The number of amides is 1. The summed E-state index contributed by atoms with van der Waals surface area (Å²) in [5.74, 6) is -0.504. The Morgan fingerprint density at radius 2 is 2.11 bits per heavy atom. The van der Waals surface area contributed by atoms with Crippen LogP contribution in [0.5, 0.6) is 0 Å². The number of esters is 1. The number of carbonyl (C=O) groups excluding carboxylic acids is 2. The van der Waals surface area contributed by atoms with Crippen LogP contribution in [0.1, 0.15) is 30.6 Å². The molecule has 1 aromatic rings. The smallest absolute Gasteiger partial charge is 0.328 e. The highest BCUT2D eigenvalue weighted by atomic mass is 79.9. The van der Waals surface area contributed by atoms with E-state index in [0.29, 0.717) is 16.6 Å². The third-order valence-electron chi connectivity index (χ3n) is 2.49. The van der Waals surface area contributed by atoms with Crippen LogP contribution in [0.25, 0.3) is 0 Å². The average molecular weight is 329 g/mol. The van der Waals surface area contributed by atoms with Gasteiger partial charge in [-0.2, -0.15) is 0 Å². The minimum absolute atomic E-state index is 0.271. The molecule has 0 aliphatic carbocycles. The largest absolute Gasteiger partial charge is 0.467 e. The van der Waals surface area contributed by atoms with Crippen LogP contribution in [0.3, 0.4) is 0 Å². The van der Waals surface area contributed by atoms with E-state index in [4.69, 9.17) is 4.74 Å². The fraction of sp³-hybridized carbons (Fsp3) is 0.462. The molecule has 19 heavy (non-hydrogen) atoms. The van der Waals surface area contributed by atoms with Gasteiger partial charge in [0.15, 0.2) is 0 Å². The van der Waals surface area contributed by atoms with Crippen molar-refractivity contribution in [1.29, 1.82) is 0 Å². The number of aromatic nitrogens is 1. The van der Waals surface area contributed by atoms with Crippen LogP contribution in [0.4, 0.5) is 0 Å². The number of hydrogen-bond donors (Lipinski definition) is 1. The van der Waals surface area contributed by atoms with Gasteiger partial charge in [-0.3, -0.25) is 4.79 Å². The molecule has 6 heteroatoms. The first-order chi connectivity index (χ1) is 8.93. The van der Waals surface area contributed by atoms with Crippen molar-refractivity contribution in [1.82, 2.24) is 10.3 Å². The van der Waals surface area contributed by atoms with Crippen LogP contribution in [-0.4, -0.2) is 30.0 Å². The predicted molar refractivity (Wildman–Crippen MR) is 74.7 cm³/mol. The summed E-state index contributed by atoms with van der Waals surface area (Å²) in [6, 6.07) is 2.67. The molecule has 0 aliphatic rings. The summed E-state index contributed by atoms with van der Waals surface area (Å²) in [4.78, 5) is 27.6. The number of methoxy groups -OCH3 is 1. The van der Waals surface area contributed by atoms with Crippen LogP contribution >= 0.6 is 15.9 Å². The van der Waals surface area contributed by atoms with E-state index < -0.39 is 12.0 Å². The van der Waals surface area contributed by atoms with Gasteiger partial charge in [0, 0.05) is 6.20 Å². The van der Waals surface area contributed by atoms with Gasteiger partial charge in [-0.15, -0.1) is 0 Å². The Morgan fingerprint density at radius 1 is 1.42 bits per heavy atom. The van der Waals surface area contributed by atoms with E-state index in [1.165, 1.54) is 13.3 Å². The Hall–Kier alpha value is -1.43. The summed E-state index contributed by atoms with van der Waals surface area (Å²) < 4.78 is 5.34. The summed E-state index contributed by atoms with van der Waals surface area (Å²) in [6.07, 6.45) is 1.98. The Bertz CT molecular complexity index is 446. The van der Waals surface area contributed by atoms with Gasteiger partial charge in [0.2, 0.25) is 0 Å². The first kappa shape index (κ1) is 15.6. The molecule has 1 N–H and O–H groups in total. The van der Waals surface area contributed by atoms with Gasteiger partial charge >= 0.3 is 5.97 Å². The minimum Gasteiger partial charge on any atom is -0.467 e. The third kappa shape index (κ3) is 4.98. The second-order valence-electron chi connectivity index (χ2n) is 4.55. The van der Waals surface area contributed by atoms with Gasteiger partial charge in [-0.1, -0.05) is 13.8 Å². The molecule has 0 saturated heterocycles. The van der Waals surface area contributed by atoms with E-state index in [9.17, 15) is 9.59 Å². The van der Waals surface area contributed by atoms with Gasteiger partial charge in [0.1, 0.15) is 10.6 Å². The average Bonchev–Trinajstić information content (AvgIpc) is 2.37. The SMILES string of the molecule is COC(=O)C(CC(C)C)NC(=O)c1ccc(Br)nc1. The van der Waals surface area contributed by atoms with Gasteiger partial charge in [-0.05, 0) is 40.4 Å². The second kappa shape index (κ2) is 7.23. The molecule has 1 heterocycles. The molecule has 0 bridgehead atoms. The van der Waals surface area contributed by atoms with Crippen LogP contribution in [0.15, 0.2) is 22.9 Å². The molecule has 0 spiro atoms. The van der Waals surface area contributed by atoms with Crippen molar-refractivity contribution in [3.05, 3.63) is 28.5 Å². The minimum atomic E-state index is -0.638. The summed E-state index contributed by atoms with van der Waals surface area (Å²) >= 11 is 3.20. The summed E-state index contributed by atoms with van der Waals surface area (Å²) in [5, 5.41) is 2.67. The molecule has 0 saturated carbocycles. The van der Waals surface area contributed by atoms with Gasteiger partial charge in [0.25, 0.3) is 5.91 Å². The van der Waals surface area contributed by atoms with E-state index in [2.05, 4.69) is 26.2 Å². The van der Waals surface area contributed by atoms with Crippen molar-refractivity contribution in [2.45, 2.75) is 26.3 Å². The highest BCUT2D eigenvalue weighted by Crippen LogP contribution is 2.09. The topological polar surface area (TPSA) is 68.3 Å². The lowest BCUT2D eigenvalue weighted by Crippen LogP contribution is -2.42. The lowest BCUT2D eigenvalue weighted by Gasteiger charge is -2.18. The maximum absolute atomic E-state index is 12.0. The number of pyridine rings is 1. The maximum Gasteiger partial charge on any atom is 0.328 e. The zero-order valence-electron chi connectivity index (χ0n) is 11.1. The number of halogens is 1. The highest BCUT2D eigenvalue weighted by molar-refractivity contribution is 9.10. The van der Waals surface area contributed by atoms with Crippen molar-refractivity contribution in [3.8, 4) is 0 Å². The second-order valence-corrected chi connectivity index (χ2v) is 5.36. The van der Waals surface area contributed by atoms with Gasteiger partial charge in [0.05, 0.1) is 12.7 Å². The standard InChI is InChI=1S/C13H17BrN2O3/c1-8(2)6-10(13(18)19-3)16-12(17)9-4-5-11(14)15-7-9/h4-5,7-8,10H,6H2,1-3H3,(H,16,17). The quantitative estimate of drug-likeness (QED) is 0.664. The molecule has 0 aliphatic heterocycles. The number of hydrogen-bond acceptors (Lipinski definition) is 4. The fourth-order valence-corrected chi connectivity index (χ4v) is 1.81. The van der Waals surface area contributed by atoms with E-state index in [0.717, 1.165) is 0 Å². The summed E-state index contributed by atoms with van der Waals surface area (Å²) in [5.41, 5.74) is 0.404. The van der Waals surface area contributed by atoms with E-state index in [-0.39, 0.29) is 11.8 Å². The number of nitrogens with one attached hydrogen (secondary N) is 1. The Labute approximate surface area is 120 Å². The van der Waals surface area contributed by atoms with Crippen molar-refractivity contribution in [3.63, 3.8) is 0 Å². The summed E-state index contributed by atoms with van der Waals surface area (Å²) in [7, 11) is 1.31. The molecule has 1 rings (SSSR count).